The van der Waals surface area contributed by atoms with Crippen molar-refractivity contribution in [1.82, 2.24) is 0 Å². The van der Waals surface area contributed by atoms with Crippen molar-refractivity contribution in [1.29, 1.82) is 0 Å². The van der Waals surface area contributed by atoms with Crippen LogP contribution in [0.5, 0.6) is 0 Å². The first-order chi connectivity index (χ1) is 9.33. The Morgan fingerprint density at radius 2 is 1.75 bits per heavy atom. The molecule has 2 rings (SSSR count). The molecule has 1 nitrogen and oxygen atoms in total. The van der Waals surface area contributed by atoms with Crippen molar-refractivity contribution >= 4 is 17.4 Å². The molecule has 0 spiro atoms. The number of thioether (sulfide) groups is 1. The zero-order valence-electron chi connectivity index (χ0n) is 11.7. The van der Waals surface area contributed by atoms with Crippen LogP contribution in [0.15, 0.2) is 29.2 Å². The smallest absolute Gasteiger partial charge is 0.382 e. The van der Waals surface area contributed by atoms with Crippen molar-refractivity contribution in [2.45, 2.75) is 49.6 Å². The highest BCUT2D eigenvalue weighted by atomic mass is 32.2. The van der Waals surface area contributed by atoms with Gasteiger partial charge in [0.05, 0.1) is 0 Å². The molecule has 1 aliphatic rings. The second-order valence-corrected chi connectivity index (χ2v) is 6.86. The number of hydrogen-bond donors (Lipinski definition) is 1. The van der Waals surface area contributed by atoms with Crippen LogP contribution in [0.4, 0.5) is 18.9 Å². The standard InChI is InChI=1S/C15H20F3NS/c1-10-3-4-11(2)14(9-10)19-12-5-7-13(8-6-12)20-15(16,17)18/h5-8,10-11,14,19H,3-4,9H2,1-2H3. The van der Waals surface area contributed by atoms with E-state index in [1.807, 2.05) is 0 Å². The van der Waals surface area contributed by atoms with E-state index in [9.17, 15) is 13.2 Å². The lowest BCUT2D eigenvalue weighted by Crippen LogP contribution is -2.33. The van der Waals surface area contributed by atoms with Crippen LogP contribution in [0.2, 0.25) is 0 Å². The van der Waals surface area contributed by atoms with Gasteiger partial charge in [-0.2, -0.15) is 13.2 Å². The molecule has 3 unspecified atom stereocenters. The van der Waals surface area contributed by atoms with Gasteiger partial charge >= 0.3 is 5.51 Å². The van der Waals surface area contributed by atoms with Gasteiger partial charge in [-0.1, -0.05) is 20.3 Å². The third-order valence-corrected chi connectivity index (χ3v) is 4.64. The SMILES string of the molecule is CC1CCC(C)C(Nc2ccc(SC(F)(F)F)cc2)C1. The number of anilines is 1. The highest BCUT2D eigenvalue weighted by molar-refractivity contribution is 8.00. The molecule has 1 fully saturated rings. The minimum atomic E-state index is -4.22. The zero-order valence-corrected chi connectivity index (χ0v) is 12.5. The van der Waals surface area contributed by atoms with E-state index < -0.39 is 5.51 Å². The minimum absolute atomic E-state index is 0.0713. The average molecular weight is 303 g/mol. The Kier molecular flexibility index (Phi) is 4.89. The third kappa shape index (κ3) is 4.62. The van der Waals surface area contributed by atoms with Crippen LogP contribution in [0.1, 0.15) is 33.1 Å². The fraction of sp³-hybridized carbons (Fsp3) is 0.600. The van der Waals surface area contributed by atoms with E-state index in [1.165, 1.54) is 25.0 Å². The molecule has 1 saturated carbocycles. The van der Waals surface area contributed by atoms with Crippen molar-refractivity contribution in [3.8, 4) is 0 Å². The van der Waals surface area contributed by atoms with Crippen molar-refractivity contribution in [3.05, 3.63) is 24.3 Å². The average Bonchev–Trinajstić information content (AvgIpc) is 2.34. The molecule has 3 atom stereocenters. The van der Waals surface area contributed by atoms with E-state index >= 15 is 0 Å². The largest absolute Gasteiger partial charge is 0.446 e. The number of benzene rings is 1. The second-order valence-electron chi connectivity index (χ2n) is 5.72. The number of hydrogen-bond acceptors (Lipinski definition) is 2. The van der Waals surface area contributed by atoms with Gasteiger partial charge in [0.15, 0.2) is 0 Å². The summed E-state index contributed by atoms with van der Waals surface area (Å²) in [4.78, 5) is 0.230. The van der Waals surface area contributed by atoms with Gasteiger partial charge < -0.3 is 5.32 Å². The van der Waals surface area contributed by atoms with Gasteiger partial charge in [-0.3, -0.25) is 0 Å². The Hall–Kier alpha value is -0.840. The quantitative estimate of drug-likeness (QED) is 0.736. The monoisotopic (exact) mass is 303 g/mol. The maximum Gasteiger partial charge on any atom is 0.446 e. The van der Waals surface area contributed by atoms with Crippen LogP contribution in [0, 0.1) is 11.8 Å². The molecule has 1 aromatic rings. The van der Waals surface area contributed by atoms with Crippen molar-refractivity contribution in [3.63, 3.8) is 0 Å². The van der Waals surface area contributed by atoms with Gasteiger partial charge in [0.25, 0.3) is 0 Å². The van der Waals surface area contributed by atoms with E-state index in [-0.39, 0.29) is 16.7 Å². The van der Waals surface area contributed by atoms with Crippen LogP contribution < -0.4 is 5.32 Å². The minimum Gasteiger partial charge on any atom is -0.382 e. The molecule has 0 saturated heterocycles. The first kappa shape index (κ1) is 15.5. The van der Waals surface area contributed by atoms with Gasteiger partial charge in [0, 0.05) is 16.6 Å². The Labute approximate surface area is 122 Å². The predicted molar refractivity (Wildman–Crippen MR) is 77.9 cm³/mol. The van der Waals surface area contributed by atoms with Crippen LogP contribution in [-0.4, -0.2) is 11.6 Å². The highest BCUT2D eigenvalue weighted by Crippen LogP contribution is 2.37. The summed E-state index contributed by atoms with van der Waals surface area (Å²) < 4.78 is 36.8. The Morgan fingerprint density at radius 1 is 1.10 bits per heavy atom. The van der Waals surface area contributed by atoms with Gasteiger partial charge in [0.2, 0.25) is 0 Å². The Balaban J connectivity index is 1.96. The summed E-state index contributed by atoms with van der Waals surface area (Å²) in [5, 5.41) is 3.46. The number of halogens is 3. The number of rotatable bonds is 3. The summed E-state index contributed by atoms with van der Waals surface area (Å²) in [6.07, 6.45) is 3.60. The van der Waals surface area contributed by atoms with Crippen LogP contribution in [0.25, 0.3) is 0 Å². The van der Waals surface area contributed by atoms with Gasteiger partial charge in [-0.25, -0.2) is 0 Å². The lowest BCUT2D eigenvalue weighted by Gasteiger charge is -2.34. The fourth-order valence-electron chi connectivity index (χ4n) is 2.70. The molecule has 0 bridgehead atoms. The molecule has 1 aromatic carbocycles. The molecule has 0 radical (unpaired) electrons. The molecule has 1 aliphatic carbocycles. The first-order valence-electron chi connectivity index (χ1n) is 6.96. The van der Waals surface area contributed by atoms with E-state index in [2.05, 4.69) is 19.2 Å². The molecular formula is C15H20F3NS. The molecule has 1 N–H and O–H groups in total. The summed E-state index contributed by atoms with van der Waals surface area (Å²) in [6, 6.07) is 6.94. The lowest BCUT2D eigenvalue weighted by atomic mass is 9.80. The molecule has 112 valence electrons. The normalized spacial score (nSPS) is 27.4. The van der Waals surface area contributed by atoms with Gasteiger partial charge in [-0.05, 0) is 60.7 Å². The maximum absolute atomic E-state index is 12.3. The maximum atomic E-state index is 12.3. The van der Waals surface area contributed by atoms with Crippen molar-refractivity contribution < 1.29 is 13.2 Å². The molecular weight excluding hydrogens is 283 g/mol. The zero-order chi connectivity index (χ0) is 14.8. The molecule has 20 heavy (non-hydrogen) atoms. The number of alkyl halides is 3. The topological polar surface area (TPSA) is 12.0 Å². The number of nitrogens with one attached hydrogen (secondary N) is 1. The summed E-state index contributed by atoms with van der Waals surface area (Å²) in [7, 11) is 0. The molecule has 0 heterocycles. The molecule has 0 aliphatic heterocycles. The fourth-order valence-corrected chi connectivity index (χ4v) is 3.24. The summed E-state index contributed by atoms with van der Waals surface area (Å²) in [5.41, 5.74) is -3.31. The van der Waals surface area contributed by atoms with E-state index in [0.29, 0.717) is 17.9 Å². The van der Waals surface area contributed by atoms with E-state index in [0.717, 1.165) is 12.1 Å². The Bertz CT molecular complexity index is 430. The van der Waals surface area contributed by atoms with E-state index in [4.69, 9.17) is 0 Å². The lowest BCUT2D eigenvalue weighted by molar-refractivity contribution is -0.0328. The van der Waals surface area contributed by atoms with Crippen LogP contribution in [0.3, 0.4) is 0 Å². The molecule has 0 amide bonds. The molecule has 5 heteroatoms. The van der Waals surface area contributed by atoms with E-state index in [1.54, 1.807) is 12.1 Å². The summed E-state index contributed by atoms with van der Waals surface area (Å²) in [5.74, 6) is 1.32. The summed E-state index contributed by atoms with van der Waals surface area (Å²) in [6.45, 7) is 4.49. The van der Waals surface area contributed by atoms with Gasteiger partial charge in [0.1, 0.15) is 0 Å². The van der Waals surface area contributed by atoms with Crippen LogP contribution >= 0.6 is 11.8 Å². The van der Waals surface area contributed by atoms with Crippen LogP contribution in [-0.2, 0) is 0 Å². The predicted octanol–water partition coefficient (Wildman–Crippen LogP) is 5.54. The first-order valence-corrected chi connectivity index (χ1v) is 7.77. The third-order valence-electron chi connectivity index (χ3n) is 3.90. The Morgan fingerprint density at radius 3 is 2.35 bits per heavy atom. The highest BCUT2D eigenvalue weighted by Gasteiger charge is 2.29. The summed E-state index contributed by atoms with van der Waals surface area (Å²) >= 11 is -0.0713. The second kappa shape index (κ2) is 6.29. The molecule has 0 aromatic heterocycles. The van der Waals surface area contributed by atoms with Crippen molar-refractivity contribution in [2.24, 2.45) is 11.8 Å². The van der Waals surface area contributed by atoms with Gasteiger partial charge in [-0.15, -0.1) is 0 Å². The van der Waals surface area contributed by atoms with Crippen molar-refractivity contribution in [2.75, 3.05) is 5.32 Å².